The third kappa shape index (κ3) is 9.36. The average Bonchev–Trinajstić information content (AvgIpc) is 2.87. The fraction of sp³-hybridized carbons (Fsp3) is 0.462. The number of aromatic nitrogens is 1. The molecule has 3 rings (SSSR count). The van der Waals surface area contributed by atoms with E-state index in [1.54, 1.807) is 26.1 Å². The van der Waals surface area contributed by atoms with Gasteiger partial charge in [0, 0.05) is 24.8 Å². The number of aryl methyl sites for hydroxylation is 2. The molecule has 1 heterocycles. The third-order valence-corrected chi connectivity index (χ3v) is 5.74. The van der Waals surface area contributed by atoms with Gasteiger partial charge >= 0.3 is 5.97 Å². The van der Waals surface area contributed by atoms with E-state index in [1.165, 1.54) is 31.9 Å². The number of ether oxygens (including phenoxy) is 1. The summed E-state index contributed by atoms with van der Waals surface area (Å²) >= 11 is 0. The zero-order chi connectivity index (χ0) is 25.8. The van der Waals surface area contributed by atoms with Crippen LogP contribution in [0.5, 0.6) is 0 Å². The largest absolute Gasteiger partial charge is 0.469 e. The Balaban J connectivity index is 0.000000360. The SMILES string of the molecule is CCc1cccc(CNC(=O)c2cc(/C(N)=N/N(C)N)cc(C)n2)c1.COC(=O)C1CCCCC1. The minimum Gasteiger partial charge on any atom is -0.469 e. The second-order valence-electron chi connectivity index (χ2n) is 8.66. The molecule has 0 unspecified atom stereocenters. The lowest BCUT2D eigenvalue weighted by Crippen LogP contribution is -2.27. The number of benzene rings is 1. The molecule has 190 valence electrons. The van der Waals surface area contributed by atoms with Crippen molar-refractivity contribution < 1.29 is 14.3 Å². The van der Waals surface area contributed by atoms with Gasteiger partial charge in [0.1, 0.15) is 5.69 Å². The minimum absolute atomic E-state index is 0.0142. The van der Waals surface area contributed by atoms with Gasteiger partial charge in [-0.3, -0.25) is 9.59 Å². The van der Waals surface area contributed by atoms with E-state index in [2.05, 4.69) is 39.2 Å². The number of methoxy groups -OCH3 is 1. The number of hydrazine groups is 1. The van der Waals surface area contributed by atoms with Crippen molar-refractivity contribution in [3.63, 3.8) is 0 Å². The first-order valence-corrected chi connectivity index (χ1v) is 12.0. The second kappa shape index (κ2) is 14.1. The van der Waals surface area contributed by atoms with Gasteiger partial charge in [-0.1, -0.05) is 50.5 Å². The highest BCUT2D eigenvalue weighted by atomic mass is 16.5. The van der Waals surface area contributed by atoms with E-state index in [0.717, 1.165) is 29.9 Å². The van der Waals surface area contributed by atoms with Crippen molar-refractivity contribution in [2.24, 2.45) is 22.6 Å². The molecular formula is C26H38N6O3. The number of hydrazone groups is 1. The van der Waals surface area contributed by atoms with Crippen molar-refractivity contribution in [2.75, 3.05) is 14.2 Å². The zero-order valence-corrected chi connectivity index (χ0v) is 21.2. The molecule has 35 heavy (non-hydrogen) atoms. The first-order chi connectivity index (χ1) is 16.7. The Hall–Kier alpha value is -3.46. The maximum absolute atomic E-state index is 12.4. The number of nitrogens with one attached hydrogen (secondary N) is 1. The highest BCUT2D eigenvalue weighted by Gasteiger charge is 2.21. The van der Waals surface area contributed by atoms with E-state index in [1.807, 2.05) is 12.1 Å². The fourth-order valence-corrected chi connectivity index (χ4v) is 3.90. The quantitative estimate of drug-likeness (QED) is 0.181. The van der Waals surface area contributed by atoms with Crippen molar-refractivity contribution in [3.8, 4) is 0 Å². The molecule has 0 spiro atoms. The molecule has 9 heteroatoms. The molecule has 9 nitrogen and oxygen atoms in total. The van der Waals surface area contributed by atoms with Crippen molar-refractivity contribution in [3.05, 3.63) is 64.5 Å². The van der Waals surface area contributed by atoms with Gasteiger partial charge in [-0.2, -0.15) is 0 Å². The normalized spacial score (nSPS) is 13.9. The second-order valence-corrected chi connectivity index (χ2v) is 8.66. The Labute approximate surface area is 207 Å². The molecule has 1 aliphatic rings. The number of rotatable bonds is 7. The molecule has 1 saturated carbocycles. The number of hydrogen-bond acceptors (Lipinski definition) is 7. The number of pyridine rings is 1. The van der Waals surface area contributed by atoms with Gasteiger partial charge in [0.15, 0.2) is 5.84 Å². The Kier molecular flexibility index (Phi) is 11.2. The maximum atomic E-state index is 12.4. The standard InChI is InChI=1S/C18H24N6O.C8H14O2/c1-4-13-6-5-7-14(9-13)11-21-18(25)16-10-15(8-12(2)22-16)17(19)23-24(3)20;1-10-8(9)7-5-3-2-4-6-7/h5-10H,4,11,20H2,1-3H3,(H2,19,23)(H,21,25);7H,2-6H2,1H3. The fourth-order valence-electron chi connectivity index (χ4n) is 3.90. The van der Waals surface area contributed by atoms with Gasteiger partial charge < -0.3 is 15.8 Å². The summed E-state index contributed by atoms with van der Waals surface area (Å²) in [6, 6.07) is 11.5. The lowest BCUT2D eigenvalue weighted by Gasteiger charge is -2.18. The molecule has 2 aromatic rings. The molecule has 0 bridgehead atoms. The molecule has 1 fully saturated rings. The Morgan fingerprint density at radius 1 is 1.17 bits per heavy atom. The van der Waals surface area contributed by atoms with Gasteiger partial charge in [0.05, 0.1) is 13.0 Å². The monoisotopic (exact) mass is 482 g/mol. The van der Waals surface area contributed by atoms with Crippen LogP contribution in [-0.4, -0.2) is 42.0 Å². The van der Waals surface area contributed by atoms with E-state index >= 15 is 0 Å². The topological polar surface area (TPSA) is 136 Å². The molecule has 0 atom stereocenters. The van der Waals surface area contributed by atoms with Crippen LogP contribution in [-0.2, 0) is 22.5 Å². The van der Waals surface area contributed by atoms with Crippen LogP contribution in [0.1, 0.15) is 71.9 Å². The Bertz CT molecular complexity index is 1020. The van der Waals surface area contributed by atoms with Crippen LogP contribution in [0.4, 0.5) is 0 Å². The van der Waals surface area contributed by atoms with Crippen molar-refractivity contribution in [1.82, 2.24) is 15.4 Å². The Morgan fingerprint density at radius 3 is 2.49 bits per heavy atom. The van der Waals surface area contributed by atoms with Crippen LogP contribution >= 0.6 is 0 Å². The molecular weight excluding hydrogens is 444 g/mol. The summed E-state index contributed by atoms with van der Waals surface area (Å²) in [6.45, 7) is 4.33. The van der Waals surface area contributed by atoms with Crippen LogP contribution in [0.15, 0.2) is 41.5 Å². The number of amides is 1. The molecule has 5 N–H and O–H groups in total. The summed E-state index contributed by atoms with van der Waals surface area (Å²) in [4.78, 5) is 27.7. The summed E-state index contributed by atoms with van der Waals surface area (Å²) in [7, 11) is 3.04. The average molecular weight is 483 g/mol. The number of amidine groups is 1. The first-order valence-electron chi connectivity index (χ1n) is 12.0. The maximum Gasteiger partial charge on any atom is 0.308 e. The molecule has 0 radical (unpaired) electrons. The molecule has 1 aromatic carbocycles. The number of hydrogen-bond donors (Lipinski definition) is 3. The van der Waals surface area contributed by atoms with E-state index < -0.39 is 0 Å². The van der Waals surface area contributed by atoms with Crippen LogP contribution in [0.25, 0.3) is 0 Å². The lowest BCUT2D eigenvalue weighted by molar-refractivity contribution is -0.146. The zero-order valence-electron chi connectivity index (χ0n) is 21.2. The van der Waals surface area contributed by atoms with E-state index in [4.69, 9.17) is 11.6 Å². The van der Waals surface area contributed by atoms with Crippen LogP contribution in [0.3, 0.4) is 0 Å². The number of nitrogens with two attached hydrogens (primary N) is 2. The van der Waals surface area contributed by atoms with Crippen LogP contribution in [0, 0.1) is 12.8 Å². The summed E-state index contributed by atoms with van der Waals surface area (Å²) in [5.74, 6) is 5.63. The summed E-state index contributed by atoms with van der Waals surface area (Å²) in [6.07, 6.45) is 6.70. The molecule has 1 amide bonds. The summed E-state index contributed by atoms with van der Waals surface area (Å²) in [5.41, 5.74) is 9.75. The summed E-state index contributed by atoms with van der Waals surface area (Å²) < 4.78 is 4.65. The van der Waals surface area contributed by atoms with Crippen molar-refractivity contribution in [2.45, 2.75) is 58.9 Å². The van der Waals surface area contributed by atoms with E-state index in [-0.39, 0.29) is 23.6 Å². The minimum atomic E-state index is -0.263. The summed E-state index contributed by atoms with van der Waals surface area (Å²) in [5, 5.41) is 7.95. The predicted octanol–water partition coefficient (Wildman–Crippen LogP) is 3.05. The third-order valence-electron chi connectivity index (χ3n) is 5.74. The van der Waals surface area contributed by atoms with Crippen LogP contribution in [0.2, 0.25) is 0 Å². The van der Waals surface area contributed by atoms with Gasteiger partial charge in [0.2, 0.25) is 0 Å². The van der Waals surface area contributed by atoms with Crippen molar-refractivity contribution in [1.29, 1.82) is 0 Å². The molecule has 0 saturated heterocycles. The molecule has 1 aliphatic carbocycles. The van der Waals surface area contributed by atoms with E-state index in [0.29, 0.717) is 23.5 Å². The number of carbonyl (C=O) groups excluding carboxylic acids is 2. The van der Waals surface area contributed by atoms with Crippen molar-refractivity contribution >= 4 is 17.7 Å². The van der Waals surface area contributed by atoms with Gasteiger partial charge in [-0.25, -0.2) is 15.9 Å². The highest BCUT2D eigenvalue weighted by molar-refractivity contribution is 6.00. The number of carbonyl (C=O) groups is 2. The Morgan fingerprint density at radius 2 is 1.86 bits per heavy atom. The van der Waals surface area contributed by atoms with Gasteiger partial charge in [-0.15, -0.1) is 5.10 Å². The molecule has 1 aromatic heterocycles. The molecule has 0 aliphatic heterocycles. The predicted molar refractivity (Wildman–Crippen MR) is 137 cm³/mol. The van der Waals surface area contributed by atoms with E-state index in [9.17, 15) is 9.59 Å². The smallest absolute Gasteiger partial charge is 0.308 e. The number of nitrogens with zero attached hydrogens (tertiary/aromatic N) is 3. The number of esters is 1. The first kappa shape index (κ1) is 27.8. The lowest BCUT2D eigenvalue weighted by atomic mass is 9.89. The van der Waals surface area contributed by atoms with Gasteiger partial charge in [0.25, 0.3) is 5.91 Å². The van der Waals surface area contributed by atoms with Gasteiger partial charge in [-0.05, 0) is 49.4 Å². The van der Waals surface area contributed by atoms with Crippen LogP contribution < -0.4 is 16.9 Å². The highest BCUT2D eigenvalue weighted by Crippen LogP contribution is 2.24.